The molecule has 37 heavy (non-hydrogen) atoms. The number of carbonyl (C=O) groups is 1. The van der Waals surface area contributed by atoms with Gasteiger partial charge >= 0.3 is 19.4 Å². The Bertz CT molecular complexity index is 1190. The van der Waals surface area contributed by atoms with Crippen LogP contribution in [0.3, 0.4) is 0 Å². The second-order valence-electron chi connectivity index (χ2n) is 9.16. The molecule has 0 saturated carbocycles. The number of hydrogen-bond acceptors (Lipinski definition) is 10. The van der Waals surface area contributed by atoms with Gasteiger partial charge in [-0.25, -0.2) is 13.8 Å². The molecule has 1 aliphatic heterocycles. The summed E-state index contributed by atoms with van der Waals surface area (Å²) in [4.78, 5) is 28.3. The summed E-state index contributed by atoms with van der Waals surface area (Å²) in [6.07, 6.45) is -0.781. The monoisotopic (exact) mass is 558 g/mol. The van der Waals surface area contributed by atoms with Gasteiger partial charge in [-0.1, -0.05) is 25.1 Å². The van der Waals surface area contributed by atoms with Crippen LogP contribution in [0.5, 0.6) is 5.75 Å². The van der Waals surface area contributed by atoms with Crippen LogP contribution in [0.2, 0.25) is 0 Å². The summed E-state index contributed by atoms with van der Waals surface area (Å²) >= 11 is 1.03. The summed E-state index contributed by atoms with van der Waals surface area (Å²) in [5, 5.41) is 10.8. The third-order valence-corrected chi connectivity index (χ3v) is 9.17. The van der Waals surface area contributed by atoms with Crippen molar-refractivity contribution in [2.45, 2.75) is 56.6 Å². The fourth-order valence-electron chi connectivity index (χ4n) is 3.70. The number of aliphatic hydroxyl groups excluding tert-OH is 1. The number of esters is 1. The van der Waals surface area contributed by atoms with Crippen molar-refractivity contribution >= 4 is 31.3 Å². The van der Waals surface area contributed by atoms with Crippen LogP contribution in [-0.4, -0.2) is 57.4 Å². The van der Waals surface area contributed by atoms with Gasteiger partial charge in [-0.05, 0) is 39.0 Å². The highest BCUT2D eigenvalue weighted by molar-refractivity contribution is 8.00. The minimum absolute atomic E-state index is 0.000328. The van der Waals surface area contributed by atoms with E-state index in [1.165, 1.54) is 26.1 Å². The Hall–Kier alpha value is -2.44. The number of ether oxygens (including phenoxy) is 1. The van der Waals surface area contributed by atoms with E-state index < -0.39 is 67.0 Å². The van der Waals surface area contributed by atoms with Crippen LogP contribution < -0.4 is 21.0 Å². The third-order valence-electron chi connectivity index (χ3n) is 5.78. The summed E-state index contributed by atoms with van der Waals surface area (Å²) < 4.78 is 47.3. The van der Waals surface area contributed by atoms with E-state index in [2.05, 4.69) is 10.1 Å². The van der Waals surface area contributed by atoms with E-state index in [9.17, 15) is 19.3 Å². The molecule has 4 N–H and O–H groups in total. The van der Waals surface area contributed by atoms with Crippen LogP contribution in [0, 0.1) is 5.41 Å². The molecule has 14 heteroatoms. The number of halogens is 1. The van der Waals surface area contributed by atoms with Crippen LogP contribution in [-0.2, 0) is 18.6 Å². The number of alkyl halides is 1. The predicted molar refractivity (Wildman–Crippen MR) is 138 cm³/mol. The lowest BCUT2D eigenvalue weighted by Gasteiger charge is -2.33. The molecule has 1 aliphatic rings. The number of hydrogen-bond donors (Lipinski definition) is 3. The minimum Gasteiger partial charge on any atom is -0.462 e. The second kappa shape index (κ2) is 12.0. The molecule has 204 valence electrons. The number of benzene rings is 1. The first kappa shape index (κ1) is 29.1. The largest absolute Gasteiger partial charge is 0.462 e. The summed E-state index contributed by atoms with van der Waals surface area (Å²) in [6.45, 7) is 5.40. The number of para-hydroxylation sites is 1. The van der Waals surface area contributed by atoms with Crippen LogP contribution in [0.15, 0.2) is 47.4 Å². The van der Waals surface area contributed by atoms with Crippen LogP contribution in [0.25, 0.3) is 0 Å². The highest BCUT2D eigenvalue weighted by Crippen LogP contribution is 2.56. The van der Waals surface area contributed by atoms with Crippen molar-refractivity contribution in [2.75, 3.05) is 18.9 Å². The molecule has 1 aromatic heterocycles. The maximum absolute atomic E-state index is 15.9. The van der Waals surface area contributed by atoms with Crippen LogP contribution in [0.1, 0.15) is 33.1 Å². The number of nitrogens with zero attached hydrogens (tertiary/aromatic N) is 2. The summed E-state index contributed by atoms with van der Waals surface area (Å²) in [7, 11) is -4.27. The number of aliphatic hydroxyl groups is 1. The van der Waals surface area contributed by atoms with E-state index in [1.807, 2.05) is 0 Å². The van der Waals surface area contributed by atoms with E-state index in [0.29, 0.717) is 0 Å². The molecule has 1 aromatic carbocycles. The van der Waals surface area contributed by atoms with E-state index in [-0.39, 0.29) is 11.6 Å². The highest BCUT2D eigenvalue weighted by Gasteiger charge is 2.55. The van der Waals surface area contributed by atoms with Gasteiger partial charge < -0.3 is 20.1 Å². The number of rotatable bonds is 11. The minimum atomic E-state index is -4.27. The maximum Gasteiger partial charge on any atom is 0.459 e. The Kier molecular flexibility index (Phi) is 9.41. The Morgan fingerprint density at radius 2 is 2.00 bits per heavy atom. The molecule has 2 aromatic rings. The van der Waals surface area contributed by atoms with Crippen molar-refractivity contribution in [1.82, 2.24) is 14.6 Å². The van der Waals surface area contributed by atoms with Crippen molar-refractivity contribution in [3.63, 3.8) is 0 Å². The fourth-order valence-corrected chi connectivity index (χ4v) is 6.98. The van der Waals surface area contributed by atoms with Gasteiger partial charge in [-0.15, -0.1) is 11.8 Å². The maximum atomic E-state index is 15.9. The lowest BCUT2D eigenvalue weighted by molar-refractivity contribution is -0.149. The van der Waals surface area contributed by atoms with Gasteiger partial charge in [0.15, 0.2) is 0 Å². The van der Waals surface area contributed by atoms with Crippen molar-refractivity contribution in [3.8, 4) is 5.75 Å². The van der Waals surface area contributed by atoms with Gasteiger partial charge in [0.05, 0.1) is 19.3 Å². The molecule has 2 heterocycles. The molecule has 3 unspecified atom stereocenters. The summed E-state index contributed by atoms with van der Waals surface area (Å²) in [6, 6.07) is 8.45. The van der Waals surface area contributed by atoms with E-state index in [1.54, 1.807) is 44.2 Å². The number of carbonyl (C=O) groups excluding carboxylic acids is 1. The lowest BCUT2D eigenvalue weighted by atomic mass is 9.82. The first-order chi connectivity index (χ1) is 17.4. The molecule has 11 nitrogen and oxygen atoms in total. The molecule has 1 fully saturated rings. The SMILES string of the molecule is CC(C)OC(=O)[C@H](C)NP(=O)(OCC1(C)C(F)[C@@H](n2ccc(N)nc2=O)S[C@@H]1CO)Oc1ccccc1. The zero-order valence-corrected chi connectivity index (χ0v) is 22.7. The summed E-state index contributed by atoms with van der Waals surface area (Å²) in [5.74, 6) is -0.480. The first-order valence-electron chi connectivity index (χ1n) is 11.6. The standard InChI is InChI=1S/C23H32FN4O7PS/c1-14(2)34-21(30)15(3)27-36(32,35-16-8-6-5-7-9-16)33-13-23(4)17(12-29)37-20(19(23)24)28-11-10-18(25)26-22(28)31/h5-11,14-15,17,19-20,29H,12-13H2,1-4H3,(H,27,32)(H2,25,26,31)/t15-,17+,19?,20-,23?,36?/m0/s1. The number of nitrogens with one attached hydrogen (secondary N) is 1. The predicted octanol–water partition coefficient (Wildman–Crippen LogP) is 2.91. The Morgan fingerprint density at radius 1 is 1.32 bits per heavy atom. The van der Waals surface area contributed by atoms with Crippen molar-refractivity contribution in [3.05, 3.63) is 53.1 Å². The molecular formula is C23H32FN4O7PS. The quantitative estimate of drug-likeness (QED) is 0.275. The van der Waals surface area contributed by atoms with Gasteiger partial charge in [0.1, 0.15) is 29.2 Å². The normalized spacial score (nSPS) is 26.0. The van der Waals surface area contributed by atoms with Gasteiger partial charge in [0.25, 0.3) is 0 Å². The van der Waals surface area contributed by atoms with Crippen molar-refractivity contribution in [1.29, 1.82) is 0 Å². The molecule has 1 saturated heterocycles. The number of nitrogens with two attached hydrogens (primary N) is 1. The van der Waals surface area contributed by atoms with E-state index in [0.717, 1.165) is 16.3 Å². The van der Waals surface area contributed by atoms with E-state index in [4.69, 9.17) is 19.5 Å². The number of nitrogen functional groups attached to an aromatic ring is 1. The molecule has 0 amide bonds. The van der Waals surface area contributed by atoms with Crippen LogP contribution >= 0.6 is 19.5 Å². The Morgan fingerprint density at radius 3 is 2.59 bits per heavy atom. The molecule has 0 spiro atoms. The molecule has 3 rings (SSSR count). The molecular weight excluding hydrogens is 526 g/mol. The average Bonchev–Trinajstić information content (AvgIpc) is 3.08. The van der Waals surface area contributed by atoms with Crippen molar-refractivity contribution in [2.24, 2.45) is 5.41 Å². The molecule has 0 aliphatic carbocycles. The van der Waals surface area contributed by atoms with E-state index >= 15 is 4.39 Å². The number of thioether (sulfide) groups is 1. The zero-order chi connectivity index (χ0) is 27.4. The Labute approximate surface area is 218 Å². The van der Waals surface area contributed by atoms with Gasteiger partial charge in [-0.3, -0.25) is 13.9 Å². The Balaban J connectivity index is 1.85. The zero-order valence-electron chi connectivity index (χ0n) is 20.9. The van der Waals surface area contributed by atoms with Crippen molar-refractivity contribution < 1.29 is 32.6 Å². The molecule has 0 bridgehead atoms. The topological polar surface area (TPSA) is 155 Å². The van der Waals surface area contributed by atoms with Crippen LogP contribution in [0.4, 0.5) is 10.2 Å². The lowest BCUT2D eigenvalue weighted by Crippen LogP contribution is -2.43. The van der Waals surface area contributed by atoms with Gasteiger partial charge in [0, 0.05) is 16.9 Å². The smallest absolute Gasteiger partial charge is 0.459 e. The van der Waals surface area contributed by atoms with Gasteiger partial charge in [0.2, 0.25) is 0 Å². The number of aromatic nitrogens is 2. The molecule has 6 atom stereocenters. The summed E-state index contributed by atoms with van der Waals surface area (Å²) in [5.41, 5.74) is 3.41. The van der Waals surface area contributed by atoms with Gasteiger partial charge in [-0.2, -0.15) is 10.1 Å². The second-order valence-corrected chi connectivity index (χ2v) is 12.2. The first-order valence-corrected chi connectivity index (χ1v) is 14.1. The highest BCUT2D eigenvalue weighted by atomic mass is 32.2. The number of anilines is 1. The fraction of sp³-hybridized carbons (Fsp3) is 0.522. The average molecular weight is 559 g/mol. The third kappa shape index (κ3) is 6.91. The molecule has 0 radical (unpaired) electrons.